The molecule has 0 aromatic heterocycles. The van der Waals surface area contributed by atoms with E-state index in [-0.39, 0.29) is 12.3 Å². The Labute approximate surface area is 112 Å². The maximum Gasteiger partial charge on any atom is 0.328 e. The Hall–Kier alpha value is -2.04. The maximum atomic E-state index is 11.7. The average molecular weight is 265 g/mol. The number of ether oxygens (including phenoxy) is 2. The molecule has 1 rings (SSSR count). The number of amides is 1. The molecule has 0 aliphatic carbocycles. The fraction of sp³-hybridized carbons (Fsp3) is 0.429. The molecule has 1 atom stereocenters. The van der Waals surface area contributed by atoms with E-state index in [0.717, 1.165) is 11.3 Å². The Morgan fingerprint density at radius 2 is 1.89 bits per heavy atom. The molecule has 0 aliphatic heterocycles. The summed E-state index contributed by atoms with van der Waals surface area (Å²) in [7, 11) is 1.29. The van der Waals surface area contributed by atoms with E-state index in [1.54, 1.807) is 6.92 Å². The van der Waals surface area contributed by atoms with Crippen LogP contribution in [-0.2, 0) is 20.7 Å². The van der Waals surface area contributed by atoms with E-state index >= 15 is 0 Å². The zero-order chi connectivity index (χ0) is 14.3. The molecule has 5 nitrogen and oxygen atoms in total. The van der Waals surface area contributed by atoms with Gasteiger partial charge in [-0.05, 0) is 31.5 Å². The zero-order valence-electron chi connectivity index (χ0n) is 11.4. The van der Waals surface area contributed by atoms with Crippen LogP contribution in [0.25, 0.3) is 0 Å². The third-order valence-corrected chi connectivity index (χ3v) is 2.53. The van der Waals surface area contributed by atoms with E-state index in [1.807, 2.05) is 31.2 Å². The van der Waals surface area contributed by atoms with Crippen molar-refractivity contribution in [3.8, 4) is 5.75 Å². The number of rotatable bonds is 6. The van der Waals surface area contributed by atoms with Gasteiger partial charge in [0.15, 0.2) is 0 Å². The van der Waals surface area contributed by atoms with Crippen LogP contribution in [0.5, 0.6) is 5.75 Å². The highest BCUT2D eigenvalue weighted by Crippen LogP contribution is 2.12. The van der Waals surface area contributed by atoms with E-state index in [9.17, 15) is 9.59 Å². The van der Waals surface area contributed by atoms with Gasteiger partial charge in [-0.2, -0.15) is 0 Å². The van der Waals surface area contributed by atoms with Crippen molar-refractivity contribution in [2.75, 3.05) is 13.7 Å². The SMILES string of the molecule is CCOc1ccc(CC(=O)N[C@H](C)C(=O)OC)cc1. The van der Waals surface area contributed by atoms with Crippen LogP contribution >= 0.6 is 0 Å². The van der Waals surface area contributed by atoms with Gasteiger partial charge in [-0.25, -0.2) is 4.79 Å². The first-order valence-corrected chi connectivity index (χ1v) is 6.15. The van der Waals surface area contributed by atoms with Crippen LogP contribution in [0.1, 0.15) is 19.4 Å². The third kappa shape index (κ3) is 4.99. The lowest BCUT2D eigenvalue weighted by Gasteiger charge is -2.11. The van der Waals surface area contributed by atoms with Crippen LogP contribution in [-0.4, -0.2) is 31.6 Å². The summed E-state index contributed by atoms with van der Waals surface area (Å²) in [5, 5.41) is 2.57. The summed E-state index contributed by atoms with van der Waals surface area (Å²) in [6.45, 7) is 4.11. The first kappa shape index (κ1) is 15.0. The number of carbonyl (C=O) groups excluding carboxylic acids is 2. The molecule has 19 heavy (non-hydrogen) atoms. The summed E-state index contributed by atoms with van der Waals surface area (Å²) in [4.78, 5) is 22.9. The second-order valence-corrected chi connectivity index (χ2v) is 4.07. The Morgan fingerprint density at radius 1 is 1.26 bits per heavy atom. The Kier molecular flexibility index (Phi) is 5.85. The Morgan fingerprint density at radius 3 is 2.42 bits per heavy atom. The summed E-state index contributed by atoms with van der Waals surface area (Å²) in [6, 6.07) is 6.65. The lowest BCUT2D eigenvalue weighted by atomic mass is 10.1. The molecule has 5 heteroatoms. The highest BCUT2D eigenvalue weighted by molar-refractivity contribution is 5.85. The van der Waals surface area contributed by atoms with Crippen molar-refractivity contribution in [1.29, 1.82) is 0 Å². The topological polar surface area (TPSA) is 64.6 Å². The first-order valence-electron chi connectivity index (χ1n) is 6.15. The van der Waals surface area contributed by atoms with Gasteiger partial charge < -0.3 is 14.8 Å². The fourth-order valence-corrected chi connectivity index (χ4v) is 1.58. The number of hydrogen-bond donors (Lipinski definition) is 1. The second-order valence-electron chi connectivity index (χ2n) is 4.07. The zero-order valence-corrected chi connectivity index (χ0v) is 11.4. The number of benzene rings is 1. The highest BCUT2D eigenvalue weighted by atomic mass is 16.5. The number of nitrogens with one attached hydrogen (secondary N) is 1. The average Bonchev–Trinajstić information content (AvgIpc) is 2.40. The van der Waals surface area contributed by atoms with Crippen molar-refractivity contribution >= 4 is 11.9 Å². The molecular formula is C14H19NO4. The van der Waals surface area contributed by atoms with Crippen LogP contribution in [0.2, 0.25) is 0 Å². The van der Waals surface area contributed by atoms with Gasteiger partial charge in [-0.1, -0.05) is 12.1 Å². The predicted octanol–water partition coefficient (Wildman–Crippen LogP) is 1.31. The molecule has 104 valence electrons. The molecule has 1 aromatic rings. The minimum atomic E-state index is -0.639. The molecule has 0 aliphatic rings. The van der Waals surface area contributed by atoms with Crippen molar-refractivity contribution in [2.24, 2.45) is 0 Å². The molecule has 0 heterocycles. The van der Waals surface area contributed by atoms with Gasteiger partial charge in [0.05, 0.1) is 20.1 Å². The maximum absolute atomic E-state index is 11.7. The number of esters is 1. The molecule has 0 fully saturated rings. The van der Waals surface area contributed by atoms with Gasteiger partial charge in [0.25, 0.3) is 0 Å². The molecule has 1 aromatic carbocycles. The van der Waals surface area contributed by atoms with Gasteiger partial charge in [0, 0.05) is 0 Å². The van der Waals surface area contributed by atoms with E-state index in [4.69, 9.17) is 4.74 Å². The van der Waals surface area contributed by atoms with Crippen LogP contribution in [0.4, 0.5) is 0 Å². The fourth-order valence-electron chi connectivity index (χ4n) is 1.58. The second kappa shape index (κ2) is 7.41. The number of hydrogen-bond acceptors (Lipinski definition) is 4. The molecule has 0 radical (unpaired) electrons. The van der Waals surface area contributed by atoms with E-state index in [0.29, 0.717) is 6.61 Å². The summed E-state index contributed by atoms with van der Waals surface area (Å²) in [5.41, 5.74) is 0.859. The summed E-state index contributed by atoms with van der Waals surface area (Å²) >= 11 is 0. The van der Waals surface area contributed by atoms with Crippen LogP contribution < -0.4 is 10.1 Å². The van der Waals surface area contributed by atoms with Crippen molar-refractivity contribution in [1.82, 2.24) is 5.32 Å². The molecule has 0 bridgehead atoms. The number of methoxy groups -OCH3 is 1. The van der Waals surface area contributed by atoms with Crippen LogP contribution in [0.15, 0.2) is 24.3 Å². The summed E-state index contributed by atoms with van der Waals surface area (Å²) < 4.78 is 9.85. The molecule has 0 saturated carbocycles. The lowest BCUT2D eigenvalue weighted by molar-refractivity contribution is -0.144. The Bertz CT molecular complexity index is 428. The summed E-state index contributed by atoms with van der Waals surface area (Å²) in [6.07, 6.45) is 0.216. The van der Waals surface area contributed by atoms with Crippen LogP contribution in [0.3, 0.4) is 0 Å². The van der Waals surface area contributed by atoms with E-state index in [2.05, 4.69) is 10.1 Å². The monoisotopic (exact) mass is 265 g/mol. The first-order chi connectivity index (χ1) is 9.06. The van der Waals surface area contributed by atoms with Gasteiger partial charge in [0.1, 0.15) is 11.8 Å². The molecule has 0 saturated heterocycles. The van der Waals surface area contributed by atoms with Gasteiger partial charge in [0.2, 0.25) is 5.91 Å². The van der Waals surface area contributed by atoms with Gasteiger partial charge >= 0.3 is 5.97 Å². The highest BCUT2D eigenvalue weighted by Gasteiger charge is 2.15. The van der Waals surface area contributed by atoms with Gasteiger partial charge in [-0.3, -0.25) is 4.79 Å². The van der Waals surface area contributed by atoms with Crippen molar-refractivity contribution in [3.05, 3.63) is 29.8 Å². The predicted molar refractivity (Wildman–Crippen MR) is 70.9 cm³/mol. The molecule has 0 spiro atoms. The minimum Gasteiger partial charge on any atom is -0.494 e. The lowest BCUT2D eigenvalue weighted by Crippen LogP contribution is -2.39. The van der Waals surface area contributed by atoms with Crippen LogP contribution in [0, 0.1) is 0 Å². The van der Waals surface area contributed by atoms with Crippen molar-refractivity contribution in [2.45, 2.75) is 26.3 Å². The molecule has 0 unspecified atom stereocenters. The van der Waals surface area contributed by atoms with Gasteiger partial charge in [-0.15, -0.1) is 0 Å². The standard InChI is InChI=1S/C14H19NO4/c1-4-19-12-7-5-11(6-8-12)9-13(16)15-10(2)14(17)18-3/h5-8,10H,4,9H2,1-3H3,(H,15,16)/t10-/m1/s1. The Balaban J connectivity index is 2.50. The minimum absolute atomic E-state index is 0.216. The summed E-state index contributed by atoms with van der Waals surface area (Å²) in [5.74, 6) is 0.0942. The molecular weight excluding hydrogens is 246 g/mol. The largest absolute Gasteiger partial charge is 0.494 e. The third-order valence-electron chi connectivity index (χ3n) is 2.53. The normalized spacial score (nSPS) is 11.5. The number of carbonyl (C=O) groups is 2. The van der Waals surface area contributed by atoms with E-state index in [1.165, 1.54) is 7.11 Å². The quantitative estimate of drug-likeness (QED) is 0.788. The van der Waals surface area contributed by atoms with E-state index < -0.39 is 12.0 Å². The van der Waals surface area contributed by atoms with Crippen molar-refractivity contribution in [3.63, 3.8) is 0 Å². The van der Waals surface area contributed by atoms with Crippen molar-refractivity contribution < 1.29 is 19.1 Å². The smallest absolute Gasteiger partial charge is 0.328 e. The molecule has 1 N–H and O–H groups in total. The molecule has 1 amide bonds.